The molecule has 0 unspecified atom stereocenters. The Labute approximate surface area is 210 Å². The number of benzene rings is 4. The molecule has 0 bridgehead atoms. The Hall–Kier alpha value is -2.95. The third kappa shape index (κ3) is 4.53. The Morgan fingerprint density at radius 1 is 0.771 bits per heavy atom. The summed E-state index contributed by atoms with van der Waals surface area (Å²) in [6.45, 7) is 0. The standard InChI is InChI=1S/C28H23BrF3O2P/c1-34-27(33)25-19-21(17-18-26(25)28(30,31)32)20-35(29,22-11-5-2-6-12-22,23-13-7-3-8-14-23)24-15-9-4-10-16-24/h2-19H,20H2,1H3. The van der Waals surface area contributed by atoms with Gasteiger partial charge >= 0.3 is 211 Å². The molecule has 0 aliphatic carbocycles. The van der Waals surface area contributed by atoms with Gasteiger partial charge in [-0.1, -0.05) is 0 Å². The average Bonchev–Trinajstić information content (AvgIpc) is 2.89. The number of methoxy groups -OCH3 is 1. The van der Waals surface area contributed by atoms with Crippen molar-refractivity contribution < 1.29 is 22.7 Å². The van der Waals surface area contributed by atoms with Crippen molar-refractivity contribution in [2.24, 2.45) is 0 Å². The first-order valence-corrected chi connectivity index (χ1v) is 15.3. The summed E-state index contributed by atoms with van der Waals surface area (Å²) in [4.78, 5) is 12.4. The van der Waals surface area contributed by atoms with E-state index in [-0.39, 0.29) is 0 Å². The van der Waals surface area contributed by atoms with Crippen LogP contribution >= 0.6 is 20.8 Å². The van der Waals surface area contributed by atoms with E-state index in [2.05, 4.69) is 15.5 Å². The van der Waals surface area contributed by atoms with Gasteiger partial charge in [-0.2, -0.15) is 0 Å². The number of carbonyl (C=O) groups is 1. The van der Waals surface area contributed by atoms with Crippen LogP contribution in [-0.2, 0) is 17.1 Å². The van der Waals surface area contributed by atoms with E-state index in [9.17, 15) is 18.0 Å². The van der Waals surface area contributed by atoms with E-state index in [0.717, 1.165) is 29.1 Å². The molecule has 0 N–H and O–H groups in total. The Morgan fingerprint density at radius 2 is 1.20 bits per heavy atom. The van der Waals surface area contributed by atoms with Crippen molar-refractivity contribution in [2.45, 2.75) is 12.3 Å². The van der Waals surface area contributed by atoms with Gasteiger partial charge in [0.25, 0.3) is 0 Å². The summed E-state index contributed by atoms with van der Waals surface area (Å²) in [6.07, 6.45) is -4.33. The van der Waals surface area contributed by atoms with Gasteiger partial charge in [-0.25, -0.2) is 0 Å². The van der Waals surface area contributed by atoms with Crippen molar-refractivity contribution in [3.8, 4) is 0 Å². The van der Waals surface area contributed by atoms with Gasteiger partial charge in [0.1, 0.15) is 0 Å². The van der Waals surface area contributed by atoms with Crippen LogP contribution in [0.1, 0.15) is 21.5 Å². The summed E-state index contributed by atoms with van der Waals surface area (Å²) < 4.78 is 45.7. The van der Waals surface area contributed by atoms with Crippen LogP contribution in [0.3, 0.4) is 0 Å². The number of carbonyl (C=O) groups excluding carboxylic acids is 1. The Kier molecular flexibility index (Phi) is 6.90. The second kappa shape index (κ2) is 9.60. The van der Waals surface area contributed by atoms with E-state index in [1.54, 1.807) is 0 Å². The van der Waals surface area contributed by atoms with Crippen LogP contribution in [0.2, 0.25) is 0 Å². The predicted molar refractivity (Wildman–Crippen MR) is 141 cm³/mol. The molecular weight excluding hydrogens is 536 g/mol. The number of hydrogen-bond donors (Lipinski definition) is 0. The minimum atomic E-state index is -4.68. The molecule has 4 aromatic rings. The molecule has 0 atom stereocenters. The number of esters is 1. The van der Waals surface area contributed by atoms with Gasteiger partial charge in [-0.05, 0) is 0 Å². The van der Waals surface area contributed by atoms with Crippen LogP contribution in [0, 0.1) is 0 Å². The zero-order chi connectivity index (χ0) is 25.1. The monoisotopic (exact) mass is 558 g/mol. The molecule has 180 valence electrons. The van der Waals surface area contributed by atoms with Gasteiger partial charge < -0.3 is 0 Å². The predicted octanol–water partition coefficient (Wildman–Crippen LogP) is 6.83. The second-order valence-corrected chi connectivity index (χ2v) is 17.1. The summed E-state index contributed by atoms with van der Waals surface area (Å²) in [6, 6.07) is 33.5. The molecule has 0 saturated heterocycles. The van der Waals surface area contributed by atoms with Crippen LogP contribution in [-0.4, -0.2) is 13.1 Å². The SMILES string of the molecule is COC(=O)c1cc(CP(Br)(c2ccccc2)(c2ccccc2)c2ccccc2)ccc1C(F)(F)F. The fourth-order valence-corrected chi connectivity index (χ4v) is 12.2. The molecule has 2 nitrogen and oxygen atoms in total. The first-order chi connectivity index (χ1) is 16.7. The maximum atomic E-state index is 13.7. The van der Waals surface area contributed by atoms with Gasteiger partial charge in [0, 0.05) is 0 Å². The van der Waals surface area contributed by atoms with Gasteiger partial charge in [0.05, 0.1) is 0 Å². The van der Waals surface area contributed by atoms with Crippen molar-refractivity contribution in [3.63, 3.8) is 0 Å². The zero-order valence-electron chi connectivity index (χ0n) is 18.9. The Bertz CT molecular complexity index is 1230. The number of ether oxygens (including phenoxy) is 1. The molecule has 0 aliphatic heterocycles. The van der Waals surface area contributed by atoms with Crippen molar-refractivity contribution in [1.82, 2.24) is 0 Å². The zero-order valence-corrected chi connectivity index (χ0v) is 21.4. The summed E-state index contributed by atoms with van der Waals surface area (Å²) in [7, 11) is 1.08. The molecule has 0 radical (unpaired) electrons. The van der Waals surface area contributed by atoms with E-state index < -0.39 is 28.6 Å². The van der Waals surface area contributed by atoms with Crippen molar-refractivity contribution >= 4 is 42.7 Å². The van der Waals surface area contributed by atoms with Crippen LogP contribution in [0.15, 0.2) is 109 Å². The molecule has 35 heavy (non-hydrogen) atoms. The third-order valence-corrected chi connectivity index (χ3v) is 15.7. The van der Waals surface area contributed by atoms with Crippen LogP contribution in [0.5, 0.6) is 0 Å². The number of hydrogen-bond acceptors (Lipinski definition) is 2. The van der Waals surface area contributed by atoms with Crippen LogP contribution in [0.25, 0.3) is 0 Å². The Balaban J connectivity index is 2.04. The summed E-state index contributed by atoms with van der Waals surface area (Å²) in [5.41, 5.74) is -0.920. The fraction of sp³-hybridized carbons (Fsp3) is 0.107. The average molecular weight is 559 g/mol. The third-order valence-electron chi connectivity index (χ3n) is 6.16. The van der Waals surface area contributed by atoms with E-state index >= 15 is 0 Å². The van der Waals surface area contributed by atoms with E-state index in [4.69, 9.17) is 4.74 Å². The number of halogens is 4. The van der Waals surface area contributed by atoms with E-state index in [1.165, 1.54) is 12.1 Å². The molecule has 0 fully saturated rings. The van der Waals surface area contributed by atoms with E-state index in [1.807, 2.05) is 91.0 Å². The molecule has 0 heterocycles. The Morgan fingerprint density at radius 3 is 1.57 bits per heavy atom. The topological polar surface area (TPSA) is 26.3 Å². The molecule has 0 aliphatic rings. The summed E-state index contributed by atoms with van der Waals surface area (Å²) >= 11 is 4.28. The van der Waals surface area contributed by atoms with Gasteiger partial charge in [0.15, 0.2) is 0 Å². The first-order valence-electron chi connectivity index (χ1n) is 10.9. The summed E-state index contributed by atoms with van der Waals surface area (Å²) in [5.74, 6) is -1.02. The summed E-state index contributed by atoms with van der Waals surface area (Å²) in [5, 5.41) is -0.368. The molecule has 0 aromatic heterocycles. The number of rotatable bonds is 6. The van der Waals surface area contributed by atoms with Gasteiger partial charge in [-0.15, -0.1) is 0 Å². The molecule has 0 spiro atoms. The molecule has 4 rings (SSSR count). The normalized spacial score (nSPS) is 13.0. The second-order valence-electron chi connectivity index (χ2n) is 8.22. The molecule has 0 amide bonds. The maximum absolute atomic E-state index is 13.7. The van der Waals surface area contributed by atoms with E-state index in [0.29, 0.717) is 11.7 Å². The number of alkyl halides is 3. The van der Waals surface area contributed by atoms with Gasteiger partial charge in [0.2, 0.25) is 0 Å². The van der Waals surface area contributed by atoms with Crippen LogP contribution in [0.4, 0.5) is 13.2 Å². The molecular formula is C28H23BrF3O2P. The van der Waals surface area contributed by atoms with Crippen LogP contribution < -0.4 is 15.9 Å². The molecule has 4 aromatic carbocycles. The van der Waals surface area contributed by atoms with Crippen molar-refractivity contribution in [3.05, 3.63) is 126 Å². The quantitative estimate of drug-likeness (QED) is 0.191. The minimum absolute atomic E-state index is 0.353. The fourth-order valence-electron chi connectivity index (χ4n) is 4.50. The first kappa shape index (κ1) is 25.2. The van der Waals surface area contributed by atoms with Crippen molar-refractivity contribution in [2.75, 3.05) is 7.11 Å². The molecule has 7 heteroatoms. The molecule has 0 saturated carbocycles. The van der Waals surface area contributed by atoms with Crippen molar-refractivity contribution in [1.29, 1.82) is 0 Å². The van der Waals surface area contributed by atoms with Gasteiger partial charge in [-0.3, -0.25) is 0 Å².